The van der Waals surface area contributed by atoms with Gasteiger partial charge in [-0.15, -0.1) is 0 Å². The fourth-order valence-corrected chi connectivity index (χ4v) is 6.22. The summed E-state index contributed by atoms with van der Waals surface area (Å²) in [6.45, 7) is 4.49. The molecule has 0 heterocycles. The Morgan fingerprint density at radius 3 is 0.844 bits per heavy atom. The summed E-state index contributed by atoms with van der Waals surface area (Å²) in [5.41, 5.74) is 2.21. The summed E-state index contributed by atoms with van der Waals surface area (Å²) in [5, 5.41) is 0. The number of hydrogen-bond acceptors (Lipinski definition) is 6. The normalized spacial score (nSPS) is 11.5. The minimum absolute atomic E-state index is 0. The average Bonchev–Trinajstić information content (AvgIpc) is 2.99. The van der Waals surface area contributed by atoms with Gasteiger partial charge in [0.1, 0.15) is 20.2 Å². The van der Waals surface area contributed by atoms with Gasteiger partial charge < -0.3 is 9.11 Å². The number of unbranched alkanes of at least 4 members (excludes halogenated alkanes) is 18. The Morgan fingerprint density at radius 1 is 0.400 bits per heavy atom. The maximum atomic E-state index is 10.8. The molecule has 45 heavy (non-hydrogen) atoms. The molecule has 257 valence electrons. The molecular weight excluding hydrogens is 647 g/mol. The molecule has 0 saturated heterocycles. The van der Waals surface area contributed by atoms with Gasteiger partial charge in [0.2, 0.25) is 0 Å². The van der Waals surface area contributed by atoms with Gasteiger partial charge in [0.05, 0.1) is 9.79 Å². The van der Waals surface area contributed by atoms with Crippen LogP contribution in [0.4, 0.5) is 0 Å². The van der Waals surface area contributed by atoms with Crippen LogP contribution >= 0.6 is 0 Å². The van der Waals surface area contributed by atoms with Gasteiger partial charge in [-0.1, -0.05) is 154 Å². The zero-order chi connectivity index (χ0) is 32.5. The Morgan fingerprint density at radius 2 is 0.622 bits per heavy atom. The molecule has 0 N–H and O–H groups in total. The molecule has 2 aromatic rings. The molecule has 0 unspecified atom stereocenters. The zero-order valence-corrected chi connectivity index (χ0v) is 30.6. The monoisotopic (exact) mass is 705 g/mol. The van der Waals surface area contributed by atoms with E-state index in [1.54, 1.807) is 24.3 Å². The second kappa shape index (κ2) is 26.8. The van der Waals surface area contributed by atoms with Crippen LogP contribution in [0.15, 0.2) is 58.3 Å². The third-order valence-corrected chi connectivity index (χ3v) is 9.76. The van der Waals surface area contributed by atoms with E-state index in [4.69, 9.17) is 0 Å². The van der Waals surface area contributed by atoms with E-state index in [9.17, 15) is 25.9 Å². The minimum atomic E-state index is -4.31. The summed E-state index contributed by atoms with van der Waals surface area (Å²) in [7, 11) is -8.63. The van der Waals surface area contributed by atoms with Crippen LogP contribution in [0, 0.1) is 0 Å². The Bertz CT molecular complexity index is 1090. The van der Waals surface area contributed by atoms with Gasteiger partial charge >= 0.3 is 17.1 Å². The first-order valence-corrected chi connectivity index (χ1v) is 20.0. The minimum Gasteiger partial charge on any atom is -0.744 e. The van der Waals surface area contributed by atoms with Gasteiger partial charge in [-0.05, 0) is 61.1 Å². The molecule has 0 aromatic heterocycles. The fraction of sp³-hybridized carbons (Fsp3) is 0.667. The van der Waals surface area contributed by atoms with Crippen LogP contribution in [0.5, 0.6) is 0 Å². The van der Waals surface area contributed by atoms with E-state index < -0.39 is 20.2 Å². The average molecular weight is 706 g/mol. The quantitative estimate of drug-likeness (QED) is 0.0610. The summed E-state index contributed by atoms with van der Waals surface area (Å²) < 4.78 is 65.0. The van der Waals surface area contributed by atoms with Gasteiger partial charge in [0.25, 0.3) is 0 Å². The molecule has 0 fully saturated rings. The van der Waals surface area contributed by atoms with Crippen molar-refractivity contribution in [1.29, 1.82) is 0 Å². The largest absolute Gasteiger partial charge is 2.00 e. The standard InChI is InChI=1S/2C18H30O3S.Mn/c2*1-2-3-4-5-6-7-8-9-10-11-12-17-13-15-18(16-14-17)22(19,20)21;/h2*13-16H,2-12H2,1H3,(H,19,20,21);/q;;+2/p-2. The molecule has 0 atom stereocenters. The van der Waals surface area contributed by atoms with Crippen LogP contribution in [0.1, 0.15) is 153 Å². The van der Waals surface area contributed by atoms with Crippen molar-refractivity contribution in [3.05, 3.63) is 59.7 Å². The Balaban J connectivity index is 0.000000842. The zero-order valence-electron chi connectivity index (χ0n) is 27.8. The van der Waals surface area contributed by atoms with Gasteiger partial charge in [-0.2, -0.15) is 0 Å². The van der Waals surface area contributed by atoms with E-state index >= 15 is 0 Å². The molecule has 2 aromatic carbocycles. The molecular formula is C36H58MnO6S2. The van der Waals surface area contributed by atoms with Crippen molar-refractivity contribution in [2.45, 2.75) is 165 Å². The van der Waals surface area contributed by atoms with E-state index in [0.29, 0.717) is 0 Å². The number of rotatable bonds is 24. The molecule has 6 nitrogen and oxygen atoms in total. The van der Waals surface area contributed by atoms with E-state index in [1.165, 1.54) is 140 Å². The third-order valence-electron chi connectivity index (χ3n) is 8.06. The Labute approximate surface area is 286 Å². The van der Waals surface area contributed by atoms with Gasteiger partial charge in [-0.3, -0.25) is 0 Å². The summed E-state index contributed by atoms with van der Waals surface area (Å²) in [4.78, 5) is -0.279. The smallest absolute Gasteiger partial charge is 0.744 e. The Hall–Kier alpha value is -1.22. The van der Waals surface area contributed by atoms with Crippen LogP contribution < -0.4 is 0 Å². The maximum Gasteiger partial charge on any atom is 2.00 e. The summed E-state index contributed by atoms with van der Waals surface area (Å²) in [5.74, 6) is 0. The van der Waals surface area contributed by atoms with Gasteiger partial charge in [-0.25, -0.2) is 16.8 Å². The van der Waals surface area contributed by atoms with E-state index in [0.717, 1.165) is 36.8 Å². The topological polar surface area (TPSA) is 114 Å². The van der Waals surface area contributed by atoms with E-state index in [2.05, 4.69) is 13.8 Å². The fourth-order valence-electron chi connectivity index (χ4n) is 5.28. The first-order valence-electron chi connectivity index (χ1n) is 17.2. The predicted octanol–water partition coefficient (Wildman–Crippen LogP) is 10.1. The molecule has 0 aliphatic heterocycles. The van der Waals surface area contributed by atoms with E-state index in [-0.39, 0.29) is 26.9 Å². The van der Waals surface area contributed by atoms with Crippen molar-refractivity contribution in [3.63, 3.8) is 0 Å². The molecule has 0 aliphatic carbocycles. The molecule has 0 saturated carbocycles. The second-order valence-electron chi connectivity index (χ2n) is 12.1. The summed E-state index contributed by atoms with van der Waals surface area (Å²) in [6, 6.07) is 12.6. The van der Waals surface area contributed by atoms with Crippen LogP contribution in [-0.2, 0) is 50.1 Å². The van der Waals surface area contributed by atoms with Crippen LogP contribution in [0.2, 0.25) is 0 Å². The van der Waals surface area contributed by atoms with Crippen molar-refractivity contribution < 1.29 is 43.0 Å². The maximum absolute atomic E-state index is 10.8. The van der Waals surface area contributed by atoms with Crippen LogP contribution in [0.3, 0.4) is 0 Å². The third kappa shape index (κ3) is 23.7. The number of aryl methyl sites for hydroxylation is 2. The van der Waals surface area contributed by atoms with Crippen LogP contribution in [0.25, 0.3) is 0 Å². The molecule has 1 radical (unpaired) electrons. The Kier molecular flexibility index (Phi) is 26.1. The molecule has 0 amide bonds. The predicted molar refractivity (Wildman–Crippen MR) is 180 cm³/mol. The van der Waals surface area contributed by atoms with Crippen molar-refractivity contribution >= 4 is 20.2 Å². The first kappa shape index (κ1) is 43.8. The molecule has 0 bridgehead atoms. The second-order valence-corrected chi connectivity index (χ2v) is 14.8. The van der Waals surface area contributed by atoms with E-state index in [1.807, 2.05) is 0 Å². The molecule has 0 spiro atoms. The molecule has 0 aliphatic rings. The van der Waals surface area contributed by atoms with Crippen molar-refractivity contribution in [2.24, 2.45) is 0 Å². The number of hydrogen-bond donors (Lipinski definition) is 0. The SMILES string of the molecule is CCCCCCCCCCCCc1ccc(S(=O)(=O)[O-])cc1.CCCCCCCCCCCCc1ccc(S(=O)(=O)[O-])cc1.[Mn+2]. The summed E-state index contributed by atoms with van der Waals surface area (Å²) in [6.07, 6.45) is 28.1. The van der Waals surface area contributed by atoms with Gasteiger partial charge in [0.15, 0.2) is 0 Å². The van der Waals surface area contributed by atoms with Crippen molar-refractivity contribution in [2.75, 3.05) is 0 Å². The van der Waals surface area contributed by atoms with Crippen LogP contribution in [-0.4, -0.2) is 25.9 Å². The molecule has 9 heteroatoms. The van der Waals surface area contributed by atoms with Gasteiger partial charge in [0, 0.05) is 0 Å². The van der Waals surface area contributed by atoms with Crippen molar-refractivity contribution in [1.82, 2.24) is 0 Å². The summed E-state index contributed by atoms with van der Waals surface area (Å²) >= 11 is 0. The van der Waals surface area contributed by atoms with Crippen molar-refractivity contribution in [3.8, 4) is 0 Å². The molecule has 2 rings (SSSR count). The number of benzene rings is 2. The first-order chi connectivity index (χ1) is 21.1.